The van der Waals surface area contributed by atoms with Crippen molar-refractivity contribution in [3.05, 3.63) is 68.7 Å². The number of amides is 1. The third-order valence-corrected chi connectivity index (χ3v) is 3.82. The predicted octanol–water partition coefficient (Wildman–Crippen LogP) is 5.92. The fourth-order valence-electron chi connectivity index (χ4n) is 2.00. The quantitative estimate of drug-likeness (QED) is 0.478. The van der Waals surface area contributed by atoms with Crippen molar-refractivity contribution < 1.29 is 4.79 Å². The van der Waals surface area contributed by atoms with E-state index in [1.807, 2.05) is 32.9 Å². The summed E-state index contributed by atoms with van der Waals surface area (Å²) in [7, 11) is 0. The first-order valence-corrected chi connectivity index (χ1v) is 8.40. The third-order valence-electron chi connectivity index (χ3n) is 3.13. The van der Waals surface area contributed by atoms with Crippen LogP contribution in [0.15, 0.2) is 47.6 Å². The molecule has 2 rings (SSSR count). The number of hydrogen-bond donors (Lipinski definition) is 0. The zero-order valence-electron chi connectivity index (χ0n) is 13.6. The van der Waals surface area contributed by atoms with Crippen molar-refractivity contribution in [2.24, 2.45) is 5.10 Å². The van der Waals surface area contributed by atoms with Crippen molar-refractivity contribution in [1.29, 1.82) is 0 Å². The van der Waals surface area contributed by atoms with Gasteiger partial charge in [0.15, 0.2) is 0 Å². The van der Waals surface area contributed by atoms with E-state index in [0.717, 1.165) is 5.56 Å². The molecule has 2 aromatic carbocycles. The lowest BCUT2D eigenvalue weighted by Crippen LogP contribution is -2.42. The van der Waals surface area contributed by atoms with Crippen molar-refractivity contribution in [2.75, 3.05) is 0 Å². The summed E-state index contributed by atoms with van der Waals surface area (Å²) in [6, 6.07) is 11.9. The average Bonchev–Trinajstić information content (AvgIpc) is 2.47. The molecule has 3 nitrogen and oxygen atoms in total. The first-order valence-electron chi connectivity index (χ1n) is 7.27. The molecule has 24 heavy (non-hydrogen) atoms. The maximum Gasteiger partial charge on any atom is 0.274 e. The summed E-state index contributed by atoms with van der Waals surface area (Å²) < 4.78 is 0. The second-order valence-electron chi connectivity index (χ2n) is 6.24. The smallest absolute Gasteiger partial charge is 0.267 e. The summed E-state index contributed by atoms with van der Waals surface area (Å²) in [5.41, 5.74) is 0.704. The van der Waals surface area contributed by atoms with E-state index >= 15 is 0 Å². The molecule has 0 aliphatic heterocycles. The van der Waals surface area contributed by atoms with Crippen LogP contribution in [0.3, 0.4) is 0 Å². The summed E-state index contributed by atoms with van der Waals surface area (Å²) in [6.45, 7) is 5.70. The van der Waals surface area contributed by atoms with Gasteiger partial charge in [-0.15, -0.1) is 0 Å². The van der Waals surface area contributed by atoms with Gasteiger partial charge in [-0.05, 0) is 56.7 Å². The molecular formula is C18H17Cl3N2O. The summed E-state index contributed by atoms with van der Waals surface area (Å²) in [4.78, 5) is 12.8. The molecule has 0 radical (unpaired) electrons. The Morgan fingerprint density at radius 1 is 0.958 bits per heavy atom. The zero-order valence-corrected chi connectivity index (χ0v) is 15.8. The summed E-state index contributed by atoms with van der Waals surface area (Å²) in [5.74, 6) is -0.280. The lowest BCUT2D eigenvalue weighted by atomic mass is 10.1. The van der Waals surface area contributed by atoms with E-state index in [9.17, 15) is 4.79 Å². The molecule has 0 spiro atoms. The monoisotopic (exact) mass is 382 g/mol. The molecule has 1 amide bonds. The fraction of sp³-hybridized carbons (Fsp3) is 0.222. The van der Waals surface area contributed by atoms with Gasteiger partial charge in [0.1, 0.15) is 0 Å². The minimum atomic E-state index is -0.519. The summed E-state index contributed by atoms with van der Waals surface area (Å²) >= 11 is 17.9. The average molecular weight is 384 g/mol. The standard InChI is InChI=1S/C18H17Cl3N2O/c1-18(2,3)23(22-11-12-4-6-14(19)7-5-12)17(24)13-8-15(20)10-16(21)9-13/h4-11H,1-3H3/b22-11+. The van der Waals surface area contributed by atoms with Crippen LogP contribution in [0.2, 0.25) is 15.1 Å². The first-order chi connectivity index (χ1) is 11.2. The van der Waals surface area contributed by atoms with Crippen LogP contribution >= 0.6 is 34.8 Å². The first kappa shape index (κ1) is 18.8. The summed E-state index contributed by atoms with van der Waals surface area (Å²) in [6.07, 6.45) is 1.62. The van der Waals surface area contributed by atoms with Gasteiger partial charge in [0, 0.05) is 20.6 Å². The molecule has 0 unspecified atom stereocenters. The third kappa shape index (κ3) is 4.97. The van der Waals surface area contributed by atoms with Gasteiger partial charge in [-0.3, -0.25) is 4.79 Å². The molecule has 0 saturated heterocycles. The van der Waals surface area contributed by atoms with Gasteiger partial charge in [0.25, 0.3) is 5.91 Å². The zero-order chi connectivity index (χ0) is 17.9. The Morgan fingerprint density at radius 2 is 1.50 bits per heavy atom. The van der Waals surface area contributed by atoms with E-state index in [0.29, 0.717) is 20.6 Å². The van der Waals surface area contributed by atoms with Gasteiger partial charge in [0.2, 0.25) is 0 Å². The van der Waals surface area contributed by atoms with Crippen molar-refractivity contribution in [2.45, 2.75) is 26.3 Å². The van der Waals surface area contributed by atoms with Crippen molar-refractivity contribution >= 4 is 46.9 Å². The molecule has 0 N–H and O–H groups in total. The van der Waals surface area contributed by atoms with Crippen LogP contribution in [0, 0.1) is 0 Å². The highest BCUT2D eigenvalue weighted by molar-refractivity contribution is 6.35. The molecule has 0 saturated carbocycles. The largest absolute Gasteiger partial charge is 0.274 e. The van der Waals surface area contributed by atoms with Crippen LogP contribution < -0.4 is 0 Å². The minimum Gasteiger partial charge on any atom is -0.267 e. The van der Waals surface area contributed by atoms with Crippen LogP contribution in [0.4, 0.5) is 0 Å². The molecule has 126 valence electrons. The van der Waals surface area contributed by atoms with E-state index in [1.165, 1.54) is 5.01 Å². The van der Waals surface area contributed by atoms with Gasteiger partial charge in [0.05, 0.1) is 11.8 Å². The van der Waals surface area contributed by atoms with Crippen molar-refractivity contribution in [1.82, 2.24) is 5.01 Å². The number of rotatable bonds is 3. The Morgan fingerprint density at radius 3 is 2.00 bits per heavy atom. The van der Waals surface area contributed by atoms with Crippen LogP contribution in [0.5, 0.6) is 0 Å². The highest BCUT2D eigenvalue weighted by Gasteiger charge is 2.27. The maximum atomic E-state index is 12.8. The number of nitrogens with zero attached hydrogens (tertiary/aromatic N) is 2. The molecule has 6 heteroatoms. The molecule has 0 bridgehead atoms. The van der Waals surface area contributed by atoms with Crippen molar-refractivity contribution in [3.63, 3.8) is 0 Å². The van der Waals surface area contributed by atoms with Crippen LogP contribution in [-0.4, -0.2) is 22.7 Å². The fourth-order valence-corrected chi connectivity index (χ4v) is 2.66. The van der Waals surface area contributed by atoms with E-state index in [1.54, 1.807) is 36.5 Å². The van der Waals surface area contributed by atoms with Crippen LogP contribution in [0.25, 0.3) is 0 Å². The van der Waals surface area contributed by atoms with Gasteiger partial charge < -0.3 is 0 Å². The predicted molar refractivity (Wildman–Crippen MR) is 101 cm³/mol. The lowest BCUT2D eigenvalue weighted by Gasteiger charge is -2.31. The summed E-state index contributed by atoms with van der Waals surface area (Å²) in [5, 5.41) is 7.22. The van der Waals surface area contributed by atoms with E-state index in [4.69, 9.17) is 34.8 Å². The van der Waals surface area contributed by atoms with Crippen LogP contribution in [-0.2, 0) is 0 Å². The lowest BCUT2D eigenvalue weighted by molar-refractivity contribution is 0.0593. The second-order valence-corrected chi connectivity index (χ2v) is 7.55. The minimum absolute atomic E-state index is 0.280. The highest BCUT2D eigenvalue weighted by Crippen LogP contribution is 2.23. The second kappa shape index (κ2) is 7.56. The Labute approximate surface area is 156 Å². The molecular weight excluding hydrogens is 367 g/mol. The Hall–Kier alpha value is -1.55. The van der Waals surface area contributed by atoms with Crippen molar-refractivity contribution in [3.8, 4) is 0 Å². The molecule has 0 aromatic heterocycles. The number of hydrazone groups is 1. The van der Waals surface area contributed by atoms with Crippen LogP contribution in [0.1, 0.15) is 36.7 Å². The Bertz CT molecular complexity index is 745. The molecule has 0 atom stereocenters. The van der Waals surface area contributed by atoms with E-state index < -0.39 is 5.54 Å². The normalized spacial score (nSPS) is 11.8. The molecule has 0 aliphatic carbocycles. The van der Waals surface area contributed by atoms with Gasteiger partial charge in [-0.2, -0.15) is 5.10 Å². The van der Waals surface area contributed by atoms with Gasteiger partial charge in [-0.1, -0.05) is 46.9 Å². The number of halogens is 3. The number of carbonyl (C=O) groups is 1. The topological polar surface area (TPSA) is 32.7 Å². The molecule has 0 heterocycles. The van der Waals surface area contributed by atoms with E-state index in [2.05, 4.69) is 5.10 Å². The Kier molecular flexibility index (Phi) is 5.92. The van der Waals surface area contributed by atoms with Gasteiger partial charge in [-0.25, -0.2) is 5.01 Å². The van der Waals surface area contributed by atoms with Gasteiger partial charge >= 0.3 is 0 Å². The molecule has 0 fully saturated rings. The number of benzene rings is 2. The SMILES string of the molecule is CC(C)(C)N(/N=C/c1ccc(Cl)cc1)C(=O)c1cc(Cl)cc(Cl)c1. The Balaban J connectivity index is 2.34. The van der Waals surface area contributed by atoms with E-state index in [-0.39, 0.29) is 5.91 Å². The molecule has 2 aromatic rings. The molecule has 0 aliphatic rings. The number of hydrogen-bond acceptors (Lipinski definition) is 2. The highest BCUT2D eigenvalue weighted by atomic mass is 35.5. The maximum absolute atomic E-state index is 12.8. The number of carbonyl (C=O) groups excluding carboxylic acids is 1.